The van der Waals surface area contributed by atoms with Crippen molar-refractivity contribution >= 4 is 11.2 Å². The Bertz CT molecular complexity index is 1320. The van der Waals surface area contributed by atoms with Crippen LogP contribution in [0, 0.1) is 6.92 Å². The van der Waals surface area contributed by atoms with Crippen LogP contribution in [0.5, 0.6) is 17.5 Å². The third-order valence-corrected chi connectivity index (χ3v) is 4.84. The molecule has 0 aliphatic heterocycles. The first-order valence-corrected chi connectivity index (χ1v) is 9.73. The van der Waals surface area contributed by atoms with Crippen molar-refractivity contribution in [2.75, 3.05) is 6.61 Å². The number of hydrogen-bond acceptors (Lipinski definition) is 6. The normalized spacial score (nSPS) is 12.1. The van der Waals surface area contributed by atoms with Crippen LogP contribution in [-0.4, -0.2) is 36.9 Å². The summed E-state index contributed by atoms with van der Waals surface area (Å²) in [7, 11) is 1.50. The number of hydrogen-bond donors (Lipinski definition) is 2. The van der Waals surface area contributed by atoms with E-state index in [1.54, 1.807) is 24.3 Å². The molecule has 0 bridgehead atoms. The van der Waals surface area contributed by atoms with Crippen LogP contribution in [0.3, 0.4) is 0 Å². The van der Waals surface area contributed by atoms with Gasteiger partial charge in [-0.05, 0) is 30.7 Å². The first-order valence-electron chi connectivity index (χ1n) is 9.73. The molecule has 1 atom stereocenters. The number of imidazole rings is 1. The van der Waals surface area contributed by atoms with E-state index in [9.17, 15) is 14.7 Å². The molecule has 0 unspecified atom stereocenters. The highest BCUT2D eigenvalue weighted by Gasteiger charge is 2.21. The molecule has 2 heterocycles. The van der Waals surface area contributed by atoms with Gasteiger partial charge < -0.3 is 14.6 Å². The van der Waals surface area contributed by atoms with Crippen LogP contribution < -0.4 is 20.7 Å². The maximum atomic E-state index is 12.5. The highest BCUT2D eigenvalue weighted by molar-refractivity contribution is 5.71. The van der Waals surface area contributed by atoms with Crippen molar-refractivity contribution in [1.29, 1.82) is 0 Å². The van der Waals surface area contributed by atoms with E-state index in [2.05, 4.69) is 9.97 Å². The van der Waals surface area contributed by atoms with Crippen LogP contribution >= 0.6 is 0 Å². The molecule has 2 aromatic carbocycles. The molecule has 0 saturated carbocycles. The lowest BCUT2D eigenvalue weighted by Gasteiger charge is -2.16. The molecule has 31 heavy (non-hydrogen) atoms. The fraction of sp³-hybridized carbons (Fsp3) is 0.227. The third-order valence-electron chi connectivity index (χ3n) is 4.84. The number of benzene rings is 2. The van der Waals surface area contributed by atoms with Gasteiger partial charge in [0, 0.05) is 7.05 Å². The molecular formula is C22H22N4O5. The maximum Gasteiger partial charge on any atom is 0.329 e. The van der Waals surface area contributed by atoms with Crippen molar-refractivity contribution in [2.45, 2.75) is 19.6 Å². The number of H-pyrrole nitrogens is 1. The zero-order valence-electron chi connectivity index (χ0n) is 17.1. The molecule has 0 fully saturated rings. The van der Waals surface area contributed by atoms with Gasteiger partial charge in [0.15, 0.2) is 11.2 Å². The summed E-state index contributed by atoms with van der Waals surface area (Å²) in [6, 6.07) is 16.5. The van der Waals surface area contributed by atoms with E-state index in [-0.39, 0.29) is 30.3 Å². The van der Waals surface area contributed by atoms with E-state index < -0.39 is 17.4 Å². The number of aryl methyl sites for hydroxylation is 2. The van der Waals surface area contributed by atoms with Crippen LogP contribution in [0.15, 0.2) is 64.2 Å². The maximum absolute atomic E-state index is 12.5. The van der Waals surface area contributed by atoms with Crippen molar-refractivity contribution in [2.24, 2.45) is 7.05 Å². The summed E-state index contributed by atoms with van der Waals surface area (Å²) in [6.45, 7) is 1.89. The average Bonchev–Trinajstić information content (AvgIpc) is 3.10. The van der Waals surface area contributed by atoms with Gasteiger partial charge >= 0.3 is 11.7 Å². The Balaban J connectivity index is 1.68. The van der Waals surface area contributed by atoms with Crippen molar-refractivity contribution < 1.29 is 14.6 Å². The van der Waals surface area contributed by atoms with E-state index >= 15 is 0 Å². The van der Waals surface area contributed by atoms with Crippen molar-refractivity contribution in [3.63, 3.8) is 0 Å². The van der Waals surface area contributed by atoms with Crippen molar-refractivity contribution in [1.82, 2.24) is 19.1 Å². The highest BCUT2D eigenvalue weighted by atomic mass is 16.5. The minimum absolute atomic E-state index is 0.00102. The monoisotopic (exact) mass is 422 g/mol. The molecule has 0 spiro atoms. The molecule has 0 saturated heterocycles. The predicted molar refractivity (Wildman–Crippen MR) is 115 cm³/mol. The number of nitrogens with one attached hydrogen (secondary N) is 1. The topological polar surface area (TPSA) is 111 Å². The number of aliphatic hydroxyl groups is 1. The van der Waals surface area contributed by atoms with Gasteiger partial charge in [0.2, 0.25) is 0 Å². The second-order valence-corrected chi connectivity index (χ2v) is 7.14. The van der Waals surface area contributed by atoms with Gasteiger partial charge in [-0.15, -0.1) is 0 Å². The number of aliphatic hydroxyl groups excluding tert-OH is 1. The summed E-state index contributed by atoms with van der Waals surface area (Å²) in [5, 5.41) is 10.6. The predicted octanol–water partition coefficient (Wildman–Crippen LogP) is 1.96. The fourth-order valence-corrected chi connectivity index (χ4v) is 3.22. The Morgan fingerprint density at radius 1 is 1.10 bits per heavy atom. The number of fused-ring (bicyclic) bond motifs is 1. The van der Waals surface area contributed by atoms with E-state index in [0.717, 1.165) is 5.56 Å². The number of aromatic nitrogens is 4. The first-order chi connectivity index (χ1) is 14.9. The molecule has 160 valence electrons. The number of para-hydroxylation sites is 2. The summed E-state index contributed by atoms with van der Waals surface area (Å²) >= 11 is 0. The Morgan fingerprint density at radius 3 is 2.55 bits per heavy atom. The number of rotatable bonds is 7. The van der Waals surface area contributed by atoms with Gasteiger partial charge in [-0.25, -0.2) is 4.79 Å². The molecule has 0 amide bonds. The van der Waals surface area contributed by atoms with Gasteiger partial charge in [-0.2, -0.15) is 4.98 Å². The van der Waals surface area contributed by atoms with Gasteiger partial charge in [-0.3, -0.25) is 18.9 Å². The highest BCUT2D eigenvalue weighted by Crippen LogP contribution is 2.24. The zero-order chi connectivity index (χ0) is 22.0. The molecule has 0 aliphatic carbocycles. The summed E-state index contributed by atoms with van der Waals surface area (Å²) < 4.78 is 14.3. The summed E-state index contributed by atoms with van der Waals surface area (Å²) in [5.74, 6) is 1.17. The third kappa shape index (κ3) is 4.22. The second kappa shape index (κ2) is 8.49. The van der Waals surface area contributed by atoms with Crippen LogP contribution in [-0.2, 0) is 13.6 Å². The van der Waals surface area contributed by atoms with Crippen LogP contribution in [0.4, 0.5) is 0 Å². The molecule has 2 N–H and O–H groups in total. The first kappa shape index (κ1) is 20.4. The molecule has 0 radical (unpaired) electrons. The standard InChI is InChI=1S/C22H22N4O5/c1-14-8-6-7-11-17(14)30-13-15(27)12-26-18-19(25(2)21(29)24-20(18)28)23-22(26)31-16-9-4-3-5-10-16/h3-11,15,27H,12-13H2,1-2H3,(H,24,28,29)/t15-/m0/s1. The Hall–Kier alpha value is -3.85. The molecule has 4 rings (SSSR count). The van der Waals surface area contributed by atoms with E-state index in [1.165, 1.54) is 16.2 Å². The number of aromatic amines is 1. The number of nitrogens with zero attached hydrogens (tertiary/aromatic N) is 3. The van der Waals surface area contributed by atoms with Gasteiger partial charge in [0.1, 0.15) is 24.2 Å². The van der Waals surface area contributed by atoms with E-state index in [4.69, 9.17) is 9.47 Å². The zero-order valence-corrected chi connectivity index (χ0v) is 17.1. The van der Waals surface area contributed by atoms with Crippen molar-refractivity contribution in [3.05, 3.63) is 81.0 Å². The second-order valence-electron chi connectivity index (χ2n) is 7.14. The molecule has 9 nitrogen and oxygen atoms in total. The quantitative estimate of drug-likeness (QED) is 0.471. The minimum Gasteiger partial charge on any atom is -0.491 e. The smallest absolute Gasteiger partial charge is 0.329 e. The van der Waals surface area contributed by atoms with Gasteiger partial charge in [-0.1, -0.05) is 36.4 Å². The Kier molecular flexibility index (Phi) is 5.59. The van der Waals surface area contributed by atoms with Crippen LogP contribution in [0.2, 0.25) is 0 Å². The lowest BCUT2D eigenvalue weighted by molar-refractivity contribution is 0.0912. The van der Waals surface area contributed by atoms with Crippen LogP contribution in [0.1, 0.15) is 5.56 Å². The Morgan fingerprint density at radius 2 is 1.81 bits per heavy atom. The lowest BCUT2D eigenvalue weighted by Crippen LogP contribution is -2.30. The molecular weight excluding hydrogens is 400 g/mol. The summed E-state index contributed by atoms with van der Waals surface area (Å²) in [5.41, 5.74) is 0.0365. The molecule has 2 aromatic heterocycles. The van der Waals surface area contributed by atoms with E-state index in [1.807, 2.05) is 37.3 Å². The molecule has 9 heteroatoms. The molecule has 4 aromatic rings. The van der Waals surface area contributed by atoms with Gasteiger partial charge in [0.25, 0.3) is 5.56 Å². The van der Waals surface area contributed by atoms with Crippen molar-refractivity contribution in [3.8, 4) is 17.5 Å². The summed E-state index contributed by atoms with van der Waals surface area (Å²) in [4.78, 5) is 31.1. The summed E-state index contributed by atoms with van der Waals surface area (Å²) in [6.07, 6.45) is -0.966. The average molecular weight is 422 g/mol. The SMILES string of the molecule is Cc1ccccc1OC[C@@H](O)Cn1c(Oc2ccccc2)nc2c1c(=O)[nH]c(=O)n2C. The van der Waals surface area contributed by atoms with Gasteiger partial charge in [0.05, 0.1) is 6.54 Å². The van der Waals surface area contributed by atoms with Crippen LogP contribution in [0.25, 0.3) is 11.2 Å². The minimum atomic E-state index is -0.966. The lowest BCUT2D eigenvalue weighted by atomic mass is 10.2. The Labute approximate surface area is 177 Å². The fourth-order valence-electron chi connectivity index (χ4n) is 3.22. The number of ether oxygens (including phenoxy) is 2. The van der Waals surface area contributed by atoms with E-state index in [0.29, 0.717) is 11.5 Å². The molecule has 0 aliphatic rings. The largest absolute Gasteiger partial charge is 0.491 e.